The van der Waals surface area contributed by atoms with Crippen LogP contribution in [0, 0.1) is 5.92 Å². The molecule has 1 aromatic rings. The molecule has 0 bridgehead atoms. The zero-order valence-corrected chi connectivity index (χ0v) is 16.1. The maximum absolute atomic E-state index is 2.66. The van der Waals surface area contributed by atoms with Gasteiger partial charge in [-0.05, 0) is 48.8 Å². The molecule has 1 unspecified atom stereocenters. The summed E-state index contributed by atoms with van der Waals surface area (Å²) < 4.78 is 0. The maximum Gasteiger partial charge on any atom is 0.0367 e. The lowest BCUT2D eigenvalue weighted by Gasteiger charge is -2.39. The van der Waals surface area contributed by atoms with E-state index in [4.69, 9.17) is 0 Å². The van der Waals surface area contributed by atoms with Crippen LogP contribution in [0.4, 0.5) is 5.69 Å². The van der Waals surface area contributed by atoms with E-state index in [1.165, 1.54) is 37.2 Å². The first-order valence-corrected chi connectivity index (χ1v) is 9.43. The van der Waals surface area contributed by atoms with E-state index in [1.54, 1.807) is 0 Å². The van der Waals surface area contributed by atoms with E-state index in [2.05, 4.69) is 75.6 Å². The van der Waals surface area contributed by atoms with Crippen molar-refractivity contribution in [1.82, 2.24) is 4.90 Å². The van der Waals surface area contributed by atoms with Gasteiger partial charge in [-0.1, -0.05) is 46.8 Å². The number of anilines is 1. The average molecular weight is 317 g/mol. The van der Waals surface area contributed by atoms with E-state index in [-0.39, 0.29) is 5.41 Å². The Morgan fingerprint density at radius 1 is 0.957 bits per heavy atom. The molecule has 0 aliphatic carbocycles. The number of hydrogen-bond acceptors (Lipinski definition) is 2. The summed E-state index contributed by atoms with van der Waals surface area (Å²) in [5, 5.41) is 0. The van der Waals surface area contributed by atoms with E-state index in [0.717, 1.165) is 19.0 Å². The van der Waals surface area contributed by atoms with Gasteiger partial charge in [0, 0.05) is 37.9 Å². The van der Waals surface area contributed by atoms with Gasteiger partial charge in [0.15, 0.2) is 0 Å². The van der Waals surface area contributed by atoms with Crippen molar-refractivity contribution in [3.05, 3.63) is 29.8 Å². The predicted molar refractivity (Wildman–Crippen MR) is 102 cm³/mol. The smallest absolute Gasteiger partial charge is 0.0367 e. The van der Waals surface area contributed by atoms with Gasteiger partial charge in [-0.3, -0.25) is 4.90 Å². The van der Waals surface area contributed by atoms with Gasteiger partial charge in [-0.15, -0.1) is 0 Å². The van der Waals surface area contributed by atoms with Crippen molar-refractivity contribution < 1.29 is 0 Å². The summed E-state index contributed by atoms with van der Waals surface area (Å²) in [5.74, 6) is 0.789. The molecule has 1 saturated heterocycles. The fourth-order valence-corrected chi connectivity index (χ4v) is 3.58. The second-order valence-electron chi connectivity index (χ2n) is 8.29. The van der Waals surface area contributed by atoms with Crippen LogP contribution in [-0.2, 0) is 5.41 Å². The molecule has 0 N–H and O–H groups in total. The molecule has 2 heteroatoms. The highest BCUT2D eigenvalue weighted by Crippen LogP contribution is 2.28. The minimum atomic E-state index is 0.281. The molecular weight excluding hydrogens is 280 g/mol. The van der Waals surface area contributed by atoms with E-state index >= 15 is 0 Å². The lowest BCUT2D eigenvalue weighted by Crippen LogP contribution is -2.49. The quantitative estimate of drug-likeness (QED) is 0.734. The molecule has 0 amide bonds. The van der Waals surface area contributed by atoms with Gasteiger partial charge in [0.2, 0.25) is 0 Å². The van der Waals surface area contributed by atoms with Crippen LogP contribution in [0.2, 0.25) is 0 Å². The summed E-state index contributed by atoms with van der Waals surface area (Å²) in [6.45, 7) is 18.7. The normalized spacial score (nSPS) is 18.5. The van der Waals surface area contributed by atoms with Crippen LogP contribution in [0.25, 0.3) is 0 Å². The lowest BCUT2D eigenvalue weighted by molar-refractivity contribution is 0.176. The fraction of sp³-hybridized carbons (Fsp3) is 0.714. The lowest BCUT2D eigenvalue weighted by atomic mass is 9.82. The first-order chi connectivity index (χ1) is 10.8. The molecule has 130 valence electrons. The van der Waals surface area contributed by atoms with Crippen molar-refractivity contribution in [3.8, 4) is 0 Å². The van der Waals surface area contributed by atoms with Gasteiger partial charge < -0.3 is 4.90 Å². The number of piperazine rings is 1. The minimum Gasteiger partial charge on any atom is -0.369 e. The Balaban J connectivity index is 1.93. The van der Waals surface area contributed by atoms with E-state index in [0.29, 0.717) is 6.04 Å². The molecule has 1 fully saturated rings. The van der Waals surface area contributed by atoms with Crippen LogP contribution in [0.1, 0.15) is 59.9 Å². The summed E-state index contributed by atoms with van der Waals surface area (Å²) in [4.78, 5) is 5.20. The summed E-state index contributed by atoms with van der Waals surface area (Å²) in [6, 6.07) is 10.0. The third-order valence-electron chi connectivity index (χ3n) is 5.65. The average Bonchev–Trinajstić information content (AvgIpc) is 2.54. The van der Waals surface area contributed by atoms with Crippen molar-refractivity contribution >= 4 is 5.69 Å². The highest BCUT2D eigenvalue weighted by Gasteiger charge is 2.22. The first kappa shape index (κ1) is 18.3. The largest absolute Gasteiger partial charge is 0.369 e. The van der Waals surface area contributed by atoms with Gasteiger partial charge in [-0.25, -0.2) is 0 Å². The molecule has 1 aliphatic heterocycles. The Kier molecular flexibility index (Phi) is 6.13. The van der Waals surface area contributed by atoms with Crippen molar-refractivity contribution in [2.24, 2.45) is 5.92 Å². The van der Waals surface area contributed by atoms with E-state index in [9.17, 15) is 0 Å². The molecule has 2 nitrogen and oxygen atoms in total. The Morgan fingerprint density at radius 3 is 2.00 bits per heavy atom. The molecule has 0 saturated carbocycles. The van der Waals surface area contributed by atoms with Crippen LogP contribution in [-0.4, -0.2) is 37.1 Å². The molecule has 1 aromatic carbocycles. The van der Waals surface area contributed by atoms with Gasteiger partial charge in [0.05, 0.1) is 0 Å². The Hall–Kier alpha value is -1.02. The fourth-order valence-electron chi connectivity index (χ4n) is 3.58. The molecule has 23 heavy (non-hydrogen) atoms. The number of nitrogens with zero attached hydrogens (tertiary/aromatic N) is 2. The standard InChI is InChI=1S/C21H36N2/c1-7-21(5,6)19-8-10-20(11-9-19)23-14-12-22(13-15-23)18(4)16-17(2)3/h8-11,17-18H,7,12-16H2,1-6H3. The molecule has 0 spiro atoms. The third-order valence-corrected chi connectivity index (χ3v) is 5.65. The van der Waals surface area contributed by atoms with Crippen LogP contribution < -0.4 is 4.90 Å². The number of benzene rings is 1. The van der Waals surface area contributed by atoms with E-state index < -0.39 is 0 Å². The van der Waals surface area contributed by atoms with Crippen molar-refractivity contribution in [2.45, 2.75) is 65.8 Å². The van der Waals surface area contributed by atoms with Gasteiger partial charge in [0.25, 0.3) is 0 Å². The van der Waals surface area contributed by atoms with Crippen molar-refractivity contribution in [1.29, 1.82) is 0 Å². The molecule has 2 rings (SSSR count). The Bertz CT molecular complexity index is 467. The Labute approximate surface area is 143 Å². The summed E-state index contributed by atoms with van der Waals surface area (Å²) >= 11 is 0. The molecule has 0 aromatic heterocycles. The van der Waals surface area contributed by atoms with Gasteiger partial charge in [0.1, 0.15) is 0 Å². The summed E-state index contributed by atoms with van der Waals surface area (Å²) in [5.41, 5.74) is 3.12. The van der Waals surface area contributed by atoms with Crippen LogP contribution >= 0.6 is 0 Å². The maximum atomic E-state index is 2.66. The molecule has 1 heterocycles. The molecular formula is C21H36N2. The Morgan fingerprint density at radius 2 is 1.52 bits per heavy atom. The molecule has 1 atom stereocenters. The van der Waals surface area contributed by atoms with Crippen molar-refractivity contribution in [3.63, 3.8) is 0 Å². The van der Waals surface area contributed by atoms with Crippen LogP contribution in [0.5, 0.6) is 0 Å². The molecule has 1 aliphatic rings. The molecule has 0 radical (unpaired) electrons. The topological polar surface area (TPSA) is 6.48 Å². The summed E-state index contributed by atoms with van der Waals surface area (Å²) in [6.07, 6.45) is 2.49. The van der Waals surface area contributed by atoms with E-state index in [1.807, 2.05) is 0 Å². The summed E-state index contributed by atoms with van der Waals surface area (Å²) in [7, 11) is 0. The zero-order valence-electron chi connectivity index (χ0n) is 16.1. The second kappa shape index (κ2) is 7.70. The van der Waals surface area contributed by atoms with Crippen LogP contribution in [0.3, 0.4) is 0 Å². The van der Waals surface area contributed by atoms with Crippen LogP contribution in [0.15, 0.2) is 24.3 Å². The number of hydrogen-bond donors (Lipinski definition) is 0. The van der Waals surface area contributed by atoms with Crippen molar-refractivity contribution in [2.75, 3.05) is 31.1 Å². The van der Waals surface area contributed by atoms with Gasteiger partial charge >= 0.3 is 0 Å². The highest BCUT2D eigenvalue weighted by atomic mass is 15.3. The second-order valence-corrected chi connectivity index (χ2v) is 8.29. The third kappa shape index (κ3) is 4.73. The predicted octanol–water partition coefficient (Wildman–Crippen LogP) is 4.93. The zero-order chi connectivity index (χ0) is 17.0. The first-order valence-electron chi connectivity index (χ1n) is 9.43. The monoisotopic (exact) mass is 316 g/mol. The minimum absolute atomic E-state index is 0.281. The highest BCUT2D eigenvalue weighted by molar-refractivity contribution is 5.49. The SMILES string of the molecule is CCC(C)(C)c1ccc(N2CCN(C(C)CC(C)C)CC2)cc1. The number of rotatable bonds is 6. The van der Waals surface area contributed by atoms with Gasteiger partial charge in [-0.2, -0.15) is 0 Å².